The number of hydrogen-bond acceptors (Lipinski definition) is 2. The van der Waals surface area contributed by atoms with Crippen LogP contribution in [0.3, 0.4) is 0 Å². The number of nitrogens with zero attached hydrogens (tertiary/aromatic N) is 1. The molecule has 0 aliphatic rings. The molecule has 0 bridgehead atoms. The largest absolute Gasteiger partial charge is 0.478 e. The number of halogens is 1. The molecule has 1 aromatic carbocycles. The van der Waals surface area contributed by atoms with Crippen LogP contribution in [0.2, 0.25) is 0 Å². The summed E-state index contributed by atoms with van der Waals surface area (Å²) in [5.74, 6) is -0.910. The van der Waals surface area contributed by atoms with Crippen LogP contribution in [0, 0.1) is 3.70 Å². The van der Waals surface area contributed by atoms with Gasteiger partial charge < -0.3 is 5.11 Å². The second-order valence-corrected chi connectivity index (χ2v) is 4.78. The summed E-state index contributed by atoms with van der Waals surface area (Å²) in [6.45, 7) is 0. The van der Waals surface area contributed by atoms with E-state index in [-0.39, 0.29) is 0 Å². The maximum atomic E-state index is 10.7. The van der Waals surface area contributed by atoms with Gasteiger partial charge in [-0.15, -0.1) is 0 Å². The Labute approximate surface area is 118 Å². The highest BCUT2D eigenvalue weighted by Crippen LogP contribution is 2.10. The van der Waals surface area contributed by atoms with Gasteiger partial charge >= 0.3 is 5.97 Å². The number of rotatable bonds is 3. The standard InChI is InChI=1S/C14H10INO2/c15-13-8-5-11(9-16-13)2-1-10-3-6-12(7-4-10)14(17)18/h1-9H,(H,17,18)/b2-1+. The Kier molecular flexibility index (Phi) is 4.09. The van der Waals surface area contributed by atoms with Crippen molar-refractivity contribution in [3.63, 3.8) is 0 Å². The van der Waals surface area contributed by atoms with E-state index in [0.29, 0.717) is 5.56 Å². The number of carboxylic acid groups (broad SMARTS) is 1. The number of pyridine rings is 1. The molecule has 4 heteroatoms. The summed E-state index contributed by atoms with van der Waals surface area (Å²) in [6, 6.07) is 10.7. The fourth-order valence-corrected chi connectivity index (χ4v) is 1.73. The van der Waals surface area contributed by atoms with Crippen LogP contribution in [0.1, 0.15) is 21.5 Å². The number of carbonyl (C=O) groups is 1. The van der Waals surface area contributed by atoms with Crippen LogP contribution >= 0.6 is 22.6 Å². The first kappa shape index (κ1) is 12.8. The molecule has 0 amide bonds. The lowest BCUT2D eigenvalue weighted by Gasteiger charge is -1.96. The van der Waals surface area contributed by atoms with Gasteiger partial charge in [-0.3, -0.25) is 0 Å². The number of carboxylic acids is 1. The van der Waals surface area contributed by atoms with E-state index in [4.69, 9.17) is 5.11 Å². The molecule has 1 N–H and O–H groups in total. The van der Waals surface area contributed by atoms with Gasteiger partial charge in [0.05, 0.1) is 5.56 Å². The average Bonchev–Trinajstić information content (AvgIpc) is 2.38. The Morgan fingerprint density at radius 3 is 2.22 bits per heavy atom. The van der Waals surface area contributed by atoms with Crippen LogP contribution in [-0.4, -0.2) is 16.1 Å². The Morgan fingerprint density at radius 2 is 1.67 bits per heavy atom. The first-order chi connectivity index (χ1) is 8.65. The van der Waals surface area contributed by atoms with Gasteiger partial charge in [-0.1, -0.05) is 30.4 Å². The van der Waals surface area contributed by atoms with Crippen LogP contribution in [0.4, 0.5) is 0 Å². The monoisotopic (exact) mass is 351 g/mol. The quantitative estimate of drug-likeness (QED) is 0.680. The zero-order chi connectivity index (χ0) is 13.0. The summed E-state index contributed by atoms with van der Waals surface area (Å²) in [5.41, 5.74) is 2.26. The van der Waals surface area contributed by atoms with Crippen LogP contribution in [0.5, 0.6) is 0 Å². The zero-order valence-electron chi connectivity index (χ0n) is 9.38. The zero-order valence-corrected chi connectivity index (χ0v) is 11.5. The van der Waals surface area contributed by atoms with Crippen molar-refractivity contribution in [1.82, 2.24) is 4.98 Å². The molecule has 1 aromatic heterocycles. The first-order valence-corrected chi connectivity index (χ1v) is 6.36. The second kappa shape index (κ2) is 5.77. The third kappa shape index (κ3) is 3.40. The predicted molar refractivity (Wildman–Crippen MR) is 79.3 cm³/mol. The van der Waals surface area contributed by atoms with Gasteiger partial charge in [-0.2, -0.15) is 0 Å². The third-order valence-electron chi connectivity index (χ3n) is 2.38. The molecular formula is C14H10INO2. The van der Waals surface area contributed by atoms with Gasteiger partial charge in [-0.25, -0.2) is 9.78 Å². The summed E-state index contributed by atoms with van der Waals surface area (Å²) in [4.78, 5) is 14.9. The Bertz CT molecular complexity index is 574. The minimum absolute atomic E-state index is 0.295. The molecule has 0 atom stereocenters. The van der Waals surface area contributed by atoms with Gasteiger partial charge in [0.25, 0.3) is 0 Å². The van der Waals surface area contributed by atoms with Crippen molar-refractivity contribution in [1.29, 1.82) is 0 Å². The summed E-state index contributed by atoms with van der Waals surface area (Å²) in [5, 5.41) is 8.78. The number of benzene rings is 1. The molecule has 3 nitrogen and oxygen atoms in total. The fourth-order valence-electron chi connectivity index (χ4n) is 1.42. The molecule has 0 fully saturated rings. The van der Waals surface area contributed by atoms with E-state index in [9.17, 15) is 4.79 Å². The van der Waals surface area contributed by atoms with E-state index in [2.05, 4.69) is 27.6 Å². The first-order valence-electron chi connectivity index (χ1n) is 5.28. The third-order valence-corrected chi connectivity index (χ3v) is 3.01. The van der Waals surface area contributed by atoms with E-state index < -0.39 is 5.97 Å². The molecule has 2 rings (SSSR count). The van der Waals surface area contributed by atoms with Crippen LogP contribution in [-0.2, 0) is 0 Å². The van der Waals surface area contributed by atoms with Crippen LogP contribution in [0.25, 0.3) is 12.2 Å². The van der Waals surface area contributed by atoms with Crippen LogP contribution in [0.15, 0.2) is 42.6 Å². The Hall–Kier alpha value is -1.69. The average molecular weight is 351 g/mol. The fraction of sp³-hybridized carbons (Fsp3) is 0. The van der Waals surface area contributed by atoms with Crippen molar-refractivity contribution < 1.29 is 9.90 Å². The molecule has 1 heterocycles. The van der Waals surface area contributed by atoms with E-state index in [1.54, 1.807) is 30.5 Å². The predicted octanol–water partition coefficient (Wildman–Crippen LogP) is 3.55. The molecule has 0 aliphatic heterocycles. The molecule has 0 radical (unpaired) electrons. The van der Waals surface area contributed by atoms with E-state index in [1.165, 1.54) is 0 Å². The SMILES string of the molecule is O=C(O)c1ccc(/C=C/c2ccc(I)nc2)cc1. The summed E-state index contributed by atoms with van der Waals surface area (Å²) in [7, 11) is 0. The molecule has 18 heavy (non-hydrogen) atoms. The minimum Gasteiger partial charge on any atom is -0.478 e. The molecule has 0 aliphatic carbocycles. The molecule has 0 saturated carbocycles. The highest BCUT2D eigenvalue weighted by molar-refractivity contribution is 14.1. The lowest BCUT2D eigenvalue weighted by atomic mass is 10.1. The molecule has 90 valence electrons. The molecule has 0 saturated heterocycles. The lowest BCUT2D eigenvalue weighted by molar-refractivity contribution is 0.0697. The second-order valence-electron chi connectivity index (χ2n) is 3.67. The van der Waals surface area contributed by atoms with Crippen molar-refractivity contribution in [2.45, 2.75) is 0 Å². The van der Waals surface area contributed by atoms with Crippen molar-refractivity contribution in [2.75, 3.05) is 0 Å². The maximum Gasteiger partial charge on any atom is 0.335 e. The number of aromatic nitrogens is 1. The van der Waals surface area contributed by atoms with Crippen molar-refractivity contribution in [3.8, 4) is 0 Å². The Balaban J connectivity index is 2.13. The highest BCUT2D eigenvalue weighted by Gasteiger charge is 1.99. The summed E-state index contributed by atoms with van der Waals surface area (Å²) >= 11 is 2.16. The number of aromatic carboxylic acids is 1. The summed E-state index contributed by atoms with van der Waals surface area (Å²) in [6.07, 6.45) is 5.66. The Morgan fingerprint density at radius 1 is 1.06 bits per heavy atom. The van der Waals surface area contributed by atoms with Gasteiger partial charge in [-0.05, 0) is 51.9 Å². The maximum absolute atomic E-state index is 10.7. The van der Waals surface area contributed by atoms with Gasteiger partial charge in [0.15, 0.2) is 0 Å². The summed E-state index contributed by atoms with van der Waals surface area (Å²) < 4.78 is 0.954. The van der Waals surface area contributed by atoms with Gasteiger partial charge in [0.1, 0.15) is 3.70 Å². The van der Waals surface area contributed by atoms with E-state index in [1.807, 2.05) is 24.3 Å². The highest BCUT2D eigenvalue weighted by atomic mass is 127. The van der Waals surface area contributed by atoms with Crippen molar-refractivity contribution >= 4 is 40.7 Å². The van der Waals surface area contributed by atoms with Gasteiger partial charge in [0, 0.05) is 6.20 Å². The normalized spacial score (nSPS) is 10.7. The molecule has 0 unspecified atom stereocenters. The molecular weight excluding hydrogens is 341 g/mol. The molecule has 2 aromatic rings. The van der Waals surface area contributed by atoms with E-state index in [0.717, 1.165) is 14.8 Å². The van der Waals surface area contributed by atoms with Gasteiger partial charge in [0.2, 0.25) is 0 Å². The minimum atomic E-state index is -0.910. The van der Waals surface area contributed by atoms with E-state index >= 15 is 0 Å². The smallest absolute Gasteiger partial charge is 0.335 e. The lowest BCUT2D eigenvalue weighted by Crippen LogP contribution is -1.94. The molecule has 0 spiro atoms. The van der Waals surface area contributed by atoms with Crippen molar-refractivity contribution in [2.24, 2.45) is 0 Å². The van der Waals surface area contributed by atoms with Crippen LogP contribution < -0.4 is 0 Å². The van der Waals surface area contributed by atoms with Crippen molar-refractivity contribution in [3.05, 3.63) is 63.0 Å². The topological polar surface area (TPSA) is 50.2 Å². The number of hydrogen-bond donors (Lipinski definition) is 1.